The number of nitrogens with one attached hydrogen (secondary N) is 1. The molecule has 0 unspecified atom stereocenters. The molecule has 0 fully saturated rings. The lowest BCUT2D eigenvalue weighted by molar-refractivity contribution is 0.416. The maximum absolute atomic E-state index is 8.99. The lowest BCUT2D eigenvalue weighted by Gasteiger charge is -2.11. The van der Waals surface area contributed by atoms with Gasteiger partial charge in [-0.05, 0) is 26.0 Å². The molecule has 3 heteroatoms. The molecule has 84 valence electrons. The Labute approximate surface area is 96.4 Å². The fraction of sp³-hybridized carbons (Fsp3) is 0.308. The smallest absolute Gasteiger partial charge is 0.143 e. The van der Waals surface area contributed by atoms with Crippen LogP contribution in [-0.2, 0) is 0 Å². The van der Waals surface area contributed by atoms with Gasteiger partial charge in [-0.15, -0.1) is 0 Å². The Balaban J connectivity index is 2.92. The highest BCUT2D eigenvalue weighted by Gasteiger charge is 2.06. The van der Waals surface area contributed by atoms with E-state index in [9.17, 15) is 0 Å². The van der Waals surface area contributed by atoms with Crippen LogP contribution in [0, 0.1) is 11.3 Å². The van der Waals surface area contributed by atoms with Gasteiger partial charge in [0, 0.05) is 6.54 Å². The summed E-state index contributed by atoms with van der Waals surface area (Å²) in [6.07, 6.45) is 2.06. The number of anilines is 1. The number of allylic oxidation sites excluding steroid dienone is 1. The summed E-state index contributed by atoms with van der Waals surface area (Å²) in [6, 6.07) is 7.56. The number of rotatable bonds is 4. The molecule has 0 radical (unpaired) electrons. The van der Waals surface area contributed by atoms with Crippen LogP contribution in [0.1, 0.15) is 19.4 Å². The number of benzene rings is 1. The molecule has 0 saturated carbocycles. The van der Waals surface area contributed by atoms with Gasteiger partial charge in [0.25, 0.3) is 0 Å². The maximum Gasteiger partial charge on any atom is 0.143 e. The minimum atomic E-state index is 0.599. The molecule has 1 N–H and O–H groups in total. The number of nitrogens with zero attached hydrogens (tertiary/aromatic N) is 1. The quantitative estimate of drug-likeness (QED) is 0.787. The molecule has 0 amide bonds. The summed E-state index contributed by atoms with van der Waals surface area (Å²) in [4.78, 5) is 0. The number of nitriles is 1. The Kier molecular flexibility index (Phi) is 4.41. The zero-order valence-corrected chi connectivity index (χ0v) is 9.87. The molecule has 1 aromatic rings. The van der Waals surface area contributed by atoms with Gasteiger partial charge in [-0.3, -0.25) is 0 Å². The van der Waals surface area contributed by atoms with Crippen molar-refractivity contribution in [2.75, 3.05) is 19.0 Å². The molecule has 3 nitrogen and oxygen atoms in total. The van der Waals surface area contributed by atoms with Crippen molar-refractivity contribution >= 4 is 5.69 Å². The summed E-state index contributed by atoms with van der Waals surface area (Å²) < 4.78 is 5.21. The SMILES string of the molecule is COc1cccc(C#N)c1NCC=C(C)C. The summed E-state index contributed by atoms with van der Waals surface area (Å²) >= 11 is 0. The molecule has 0 saturated heterocycles. The van der Waals surface area contributed by atoms with Gasteiger partial charge >= 0.3 is 0 Å². The lowest BCUT2D eigenvalue weighted by Crippen LogP contribution is -2.03. The molecule has 0 heterocycles. The third-order valence-electron chi connectivity index (χ3n) is 2.16. The third-order valence-corrected chi connectivity index (χ3v) is 2.16. The molecule has 16 heavy (non-hydrogen) atoms. The van der Waals surface area contributed by atoms with Crippen LogP contribution in [0.25, 0.3) is 0 Å². The van der Waals surface area contributed by atoms with Crippen molar-refractivity contribution in [3.63, 3.8) is 0 Å². The van der Waals surface area contributed by atoms with Gasteiger partial charge in [0.1, 0.15) is 11.8 Å². The minimum absolute atomic E-state index is 0.599. The van der Waals surface area contributed by atoms with Crippen LogP contribution < -0.4 is 10.1 Å². The van der Waals surface area contributed by atoms with Gasteiger partial charge in [0.2, 0.25) is 0 Å². The van der Waals surface area contributed by atoms with Crippen LogP contribution in [0.2, 0.25) is 0 Å². The summed E-state index contributed by atoms with van der Waals surface area (Å²) in [5, 5.41) is 12.2. The third kappa shape index (κ3) is 3.03. The van der Waals surface area contributed by atoms with Gasteiger partial charge in [-0.2, -0.15) is 5.26 Å². The van der Waals surface area contributed by atoms with Gasteiger partial charge in [0.15, 0.2) is 0 Å². The number of hydrogen-bond donors (Lipinski definition) is 1. The van der Waals surface area contributed by atoms with Crippen LogP contribution in [0.4, 0.5) is 5.69 Å². The van der Waals surface area contributed by atoms with E-state index in [4.69, 9.17) is 10.00 Å². The van der Waals surface area contributed by atoms with E-state index in [1.54, 1.807) is 13.2 Å². The van der Waals surface area contributed by atoms with Crippen molar-refractivity contribution in [2.24, 2.45) is 0 Å². The fourth-order valence-electron chi connectivity index (χ4n) is 1.33. The fourth-order valence-corrected chi connectivity index (χ4v) is 1.33. The molecule has 0 spiro atoms. The van der Waals surface area contributed by atoms with Crippen LogP contribution in [0.5, 0.6) is 5.75 Å². The second-order valence-electron chi connectivity index (χ2n) is 3.66. The van der Waals surface area contributed by atoms with E-state index in [1.165, 1.54) is 5.57 Å². The highest BCUT2D eigenvalue weighted by molar-refractivity contribution is 5.66. The number of ether oxygens (including phenoxy) is 1. The standard InChI is InChI=1S/C13H16N2O/c1-10(2)7-8-15-13-11(9-14)5-4-6-12(13)16-3/h4-7,15H,8H2,1-3H3. The summed E-state index contributed by atoms with van der Waals surface area (Å²) in [5.74, 6) is 0.696. The number of para-hydroxylation sites is 1. The predicted molar refractivity (Wildman–Crippen MR) is 65.6 cm³/mol. The van der Waals surface area contributed by atoms with E-state index in [-0.39, 0.29) is 0 Å². The maximum atomic E-state index is 8.99. The monoisotopic (exact) mass is 216 g/mol. The van der Waals surface area contributed by atoms with Crippen molar-refractivity contribution in [2.45, 2.75) is 13.8 Å². The molecule has 0 bridgehead atoms. The predicted octanol–water partition coefficient (Wildman–Crippen LogP) is 2.94. The van der Waals surface area contributed by atoms with Crippen LogP contribution >= 0.6 is 0 Å². The molecule has 1 aromatic carbocycles. The first kappa shape index (κ1) is 12.1. The van der Waals surface area contributed by atoms with Crippen molar-refractivity contribution < 1.29 is 4.74 Å². The van der Waals surface area contributed by atoms with Gasteiger partial charge in [-0.1, -0.05) is 17.7 Å². The van der Waals surface area contributed by atoms with Crippen molar-refractivity contribution in [3.8, 4) is 11.8 Å². The normalized spacial score (nSPS) is 9.12. The molecule has 0 aliphatic carbocycles. The summed E-state index contributed by atoms with van der Waals surface area (Å²) in [5.41, 5.74) is 2.59. The molecular formula is C13H16N2O. The summed E-state index contributed by atoms with van der Waals surface area (Å²) in [7, 11) is 1.60. The zero-order chi connectivity index (χ0) is 12.0. The van der Waals surface area contributed by atoms with E-state index in [0.29, 0.717) is 17.9 Å². The number of methoxy groups -OCH3 is 1. The molecule has 0 aliphatic heterocycles. The Morgan fingerprint density at radius 3 is 2.81 bits per heavy atom. The van der Waals surface area contributed by atoms with E-state index >= 15 is 0 Å². The minimum Gasteiger partial charge on any atom is -0.495 e. The van der Waals surface area contributed by atoms with E-state index in [1.807, 2.05) is 26.0 Å². The Bertz CT molecular complexity index is 426. The largest absolute Gasteiger partial charge is 0.495 e. The second kappa shape index (κ2) is 5.82. The Morgan fingerprint density at radius 2 is 2.25 bits per heavy atom. The van der Waals surface area contributed by atoms with Gasteiger partial charge in [-0.25, -0.2) is 0 Å². The summed E-state index contributed by atoms with van der Waals surface area (Å²) in [6.45, 7) is 4.77. The topological polar surface area (TPSA) is 45.0 Å². The average molecular weight is 216 g/mol. The van der Waals surface area contributed by atoms with Crippen LogP contribution in [-0.4, -0.2) is 13.7 Å². The molecule has 1 rings (SSSR count). The van der Waals surface area contributed by atoms with Crippen LogP contribution in [0.15, 0.2) is 29.8 Å². The second-order valence-corrected chi connectivity index (χ2v) is 3.66. The first-order valence-electron chi connectivity index (χ1n) is 5.13. The molecule has 0 aliphatic rings. The van der Waals surface area contributed by atoms with E-state index in [2.05, 4.69) is 17.5 Å². The van der Waals surface area contributed by atoms with Gasteiger partial charge < -0.3 is 10.1 Å². The van der Waals surface area contributed by atoms with E-state index in [0.717, 1.165) is 5.69 Å². The highest BCUT2D eigenvalue weighted by Crippen LogP contribution is 2.27. The van der Waals surface area contributed by atoms with Gasteiger partial charge in [0.05, 0.1) is 18.4 Å². The highest BCUT2D eigenvalue weighted by atomic mass is 16.5. The molecular weight excluding hydrogens is 200 g/mol. The van der Waals surface area contributed by atoms with Crippen LogP contribution in [0.3, 0.4) is 0 Å². The van der Waals surface area contributed by atoms with Crippen molar-refractivity contribution in [1.82, 2.24) is 0 Å². The zero-order valence-electron chi connectivity index (χ0n) is 9.87. The van der Waals surface area contributed by atoms with Crippen molar-refractivity contribution in [3.05, 3.63) is 35.4 Å². The lowest BCUT2D eigenvalue weighted by atomic mass is 10.1. The average Bonchev–Trinajstić information content (AvgIpc) is 2.28. The number of hydrogen-bond acceptors (Lipinski definition) is 3. The molecule has 0 atom stereocenters. The van der Waals surface area contributed by atoms with Crippen molar-refractivity contribution in [1.29, 1.82) is 5.26 Å². The Morgan fingerprint density at radius 1 is 1.50 bits per heavy atom. The Hall–Kier alpha value is -1.95. The first-order chi connectivity index (χ1) is 7.69. The first-order valence-corrected chi connectivity index (χ1v) is 5.13. The molecule has 0 aromatic heterocycles. The van der Waals surface area contributed by atoms with E-state index < -0.39 is 0 Å².